The van der Waals surface area contributed by atoms with Crippen LogP contribution in [0.2, 0.25) is 0 Å². The zero-order valence-corrected chi connectivity index (χ0v) is 12.6. The zero-order valence-electron chi connectivity index (χ0n) is 12.6. The predicted octanol–water partition coefficient (Wildman–Crippen LogP) is 4.45. The number of aromatic hydroxyl groups is 2. The number of nitrogens with two attached hydrogens (primary N) is 2. The highest BCUT2D eigenvalue weighted by molar-refractivity contribution is 5.41. The highest BCUT2D eigenvalue weighted by Gasteiger charge is 2.43. The number of hydrogen-bond acceptors (Lipinski definition) is 4. The van der Waals surface area contributed by atoms with Gasteiger partial charge in [0.1, 0.15) is 17.9 Å². The lowest BCUT2D eigenvalue weighted by molar-refractivity contribution is -0.232. The van der Waals surface area contributed by atoms with Gasteiger partial charge in [-0.05, 0) is 48.5 Å². The molecular formula is C15H16F6N2O2. The van der Waals surface area contributed by atoms with Crippen molar-refractivity contribution in [2.75, 3.05) is 11.5 Å². The summed E-state index contributed by atoms with van der Waals surface area (Å²) in [5, 5.41) is 17.4. The second kappa shape index (κ2) is 9.50. The van der Waals surface area contributed by atoms with E-state index in [1.807, 2.05) is 0 Å². The van der Waals surface area contributed by atoms with Crippen LogP contribution in [0.25, 0.3) is 0 Å². The number of alkyl halides is 6. The van der Waals surface area contributed by atoms with Gasteiger partial charge < -0.3 is 21.7 Å². The van der Waals surface area contributed by atoms with Crippen molar-refractivity contribution in [2.24, 2.45) is 0 Å². The summed E-state index contributed by atoms with van der Waals surface area (Å²) < 4.78 is 65.0. The summed E-state index contributed by atoms with van der Waals surface area (Å²) in [5.41, 5.74) is 12.0. The minimum atomic E-state index is -5.14. The van der Waals surface area contributed by atoms with Crippen molar-refractivity contribution >= 4 is 11.4 Å². The maximum absolute atomic E-state index is 10.8. The van der Waals surface area contributed by atoms with Crippen LogP contribution in [-0.4, -0.2) is 22.6 Å². The Hall–Kier alpha value is -2.78. The SMILES string of the molecule is FC(F)(F)CC(F)(F)F.Nc1ccc(O)cc1.Nc1ccc(O)cc1. The Morgan fingerprint density at radius 1 is 0.600 bits per heavy atom. The first-order valence-electron chi connectivity index (χ1n) is 6.51. The van der Waals surface area contributed by atoms with Crippen LogP contribution in [0.1, 0.15) is 6.42 Å². The molecule has 0 saturated carbocycles. The Morgan fingerprint density at radius 2 is 0.840 bits per heavy atom. The second-order valence-electron chi connectivity index (χ2n) is 4.59. The maximum Gasteiger partial charge on any atom is 0.397 e. The molecule has 0 bridgehead atoms. The van der Waals surface area contributed by atoms with Crippen molar-refractivity contribution in [1.82, 2.24) is 0 Å². The molecule has 0 aliphatic heterocycles. The van der Waals surface area contributed by atoms with Crippen molar-refractivity contribution in [3.05, 3.63) is 48.5 Å². The average molecular weight is 370 g/mol. The van der Waals surface area contributed by atoms with Crippen LogP contribution in [0.15, 0.2) is 48.5 Å². The number of halogens is 6. The van der Waals surface area contributed by atoms with E-state index >= 15 is 0 Å². The second-order valence-corrected chi connectivity index (χ2v) is 4.59. The molecule has 140 valence electrons. The van der Waals surface area contributed by atoms with E-state index in [1.54, 1.807) is 48.5 Å². The Morgan fingerprint density at radius 3 is 0.960 bits per heavy atom. The van der Waals surface area contributed by atoms with E-state index in [-0.39, 0.29) is 11.5 Å². The third-order valence-corrected chi connectivity index (χ3v) is 2.19. The van der Waals surface area contributed by atoms with Crippen molar-refractivity contribution < 1.29 is 36.6 Å². The Balaban J connectivity index is 0.000000346. The molecule has 2 aromatic carbocycles. The third kappa shape index (κ3) is 14.5. The third-order valence-electron chi connectivity index (χ3n) is 2.19. The van der Waals surface area contributed by atoms with Crippen LogP contribution in [0.4, 0.5) is 37.7 Å². The summed E-state index contributed by atoms with van der Waals surface area (Å²) in [6.07, 6.45) is -13.0. The maximum atomic E-state index is 10.8. The number of rotatable bonds is 0. The standard InChI is InChI=1S/2C6H7NO.C3H2F6/c2*7-5-1-3-6(8)4-2-5;4-2(5,6)1-3(7,8)9/h2*1-4,8H,7H2;1H2. The molecule has 0 fully saturated rings. The first-order valence-corrected chi connectivity index (χ1v) is 6.51. The Labute approximate surface area is 139 Å². The van der Waals surface area contributed by atoms with Crippen molar-refractivity contribution in [3.8, 4) is 11.5 Å². The lowest BCUT2D eigenvalue weighted by Crippen LogP contribution is -2.20. The van der Waals surface area contributed by atoms with Gasteiger partial charge in [0.05, 0.1) is 0 Å². The number of nitrogen functional groups attached to an aromatic ring is 2. The molecule has 25 heavy (non-hydrogen) atoms. The molecule has 0 heterocycles. The molecule has 0 radical (unpaired) electrons. The van der Waals surface area contributed by atoms with E-state index in [1.165, 1.54) is 0 Å². The fourth-order valence-corrected chi connectivity index (χ4v) is 1.18. The molecular weight excluding hydrogens is 354 g/mol. The molecule has 0 aliphatic carbocycles. The number of anilines is 2. The van der Waals surface area contributed by atoms with Crippen molar-refractivity contribution in [3.63, 3.8) is 0 Å². The van der Waals surface area contributed by atoms with Gasteiger partial charge in [-0.15, -0.1) is 0 Å². The molecule has 0 atom stereocenters. The number of phenols is 2. The van der Waals surface area contributed by atoms with Crippen LogP contribution in [0, 0.1) is 0 Å². The largest absolute Gasteiger partial charge is 0.508 e. The highest BCUT2D eigenvalue weighted by Crippen LogP contribution is 2.31. The Bertz CT molecular complexity index is 512. The topological polar surface area (TPSA) is 92.5 Å². The lowest BCUT2D eigenvalue weighted by Gasteiger charge is -2.08. The number of phenolic OH excluding ortho intramolecular Hbond substituents is 2. The molecule has 2 aromatic rings. The molecule has 0 unspecified atom stereocenters. The molecule has 4 nitrogen and oxygen atoms in total. The lowest BCUT2D eigenvalue weighted by atomic mass is 10.3. The molecule has 0 aliphatic rings. The fourth-order valence-electron chi connectivity index (χ4n) is 1.18. The quantitative estimate of drug-likeness (QED) is 0.313. The molecule has 0 amide bonds. The van der Waals surface area contributed by atoms with Gasteiger partial charge in [0.25, 0.3) is 0 Å². The van der Waals surface area contributed by atoms with Crippen LogP contribution in [0.5, 0.6) is 11.5 Å². The van der Waals surface area contributed by atoms with Crippen LogP contribution < -0.4 is 11.5 Å². The smallest absolute Gasteiger partial charge is 0.397 e. The van der Waals surface area contributed by atoms with Gasteiger partial charge in [-0.1, -0.05) is 0 Å². The van der Waals surface area contributed by atoms with E-state index in [0.29, 0.717) is 11.4 Å². The normalized spacial score (nSPS) is 10.8. The van der Waals surface area contributed by atoms with E-state index in [9.17, 15) is 26.3 Å². The van der Waals surface area contributed by atoms with E-state index in [2.05, 4.69) is 0 Å². The monoisotopic (exact) mass is 370 g/mol. The Kier molecular flexibility index (Phi) is 8.44. The van der Waals surface area contributed by atoms with E-state index < -0.39 is 18.8 Å². The first kappa shape index (κ1) is 22.2. The summed E-state index contributed by atoms with van der Waals surface area (Å²) in [4.78, 5) is 0. The van der Waals surface area contributed by atoms with E-state index in [0.717, 1.165) is 0 Å². The van der Waals surface area contributed by atoms with Crippen LogP contribution in [-0.2, 0) is 0 Å². The summed E-state index contributed by atoms with van der Waals surface area (Å²) in [6.45, 7) is 0. The van der Waals surface area contributed by atoms with Crippen LogP contribution in [0.3, 0.4) is 0 Å². The minimum Gasteiger partial charge on any atom is -0.508 e. The molecule has 10 heteroatoms. The molecule has 2 rings (SSSR count). The van der Waals surface area contributed by atoms with Crippen molar-refractivity contribution in [1.29, 1.82) is 0 Å². The summed E-state index contributed by atoms with van der Waals surface area (Å²) in [6, 6.07) is 12.8. The summed E-state index contributed by atoms with van der Waals surface area (Å²) in [5.74, 6) is 0.499. The summed E-state index contributed by atoms with van der Waals surface area (Å²) >= 11 is 0. The predicted molar refractivity (Wildman–Crippen MR) is 81.8 cm³/mol. The van der Waals surface area contributed by atoms with Gasteiger partial charge in [-0.3, -0.25) is 0 Å². The molecule has 0 saturated heterocycles. The van der Waals surface area contributed by atoms with Gasteiger partial charge >= 0.3 is 12.4 Å². The fraction of sp³-hybridized carbons (Fsp3) is 0.200. The van der Waals surface area contributed by atoms with Crippen molar-refractivity contribution in [2.45, 2.75) is 18.8 Å². The zero-order chi connectivity index (χ0) is 19.7. The molecule has 0 spiro atoms. The first-order chi connectivity index (χ1) is 11.3. The summed E-state index contributed by atoms with van der Waals surface area (Å²) in [7, 11) is 0. The number of hydrogen-bond donors (Lipinski definition) is 4. The highest BCUT2D eigenvalue weighted by atomic mass is 19.4. The van der Waals surface area contributed by atoms with Gasteiger partial charge in [0.2, 0.25) is 0 Å². The minimum absolute atomic E-state index is 0.249. The average Bonchev–Trinajstić information content (AvgIpc) is 2.43. The molecule has 6 N–H and O–H groups in total. The van der Waals surface area contributed by atoms with Gasteiger partial charge in [0.15, 0.2) is 0 Å². The van der Waals surface area contributed by atoms with Crippen LogP contribution >= 0.6 is 0 Å². The van der Waals surface area contributed by atoms with Gasteiger partial charge in [0, 0.05) is 11.4 Å². The molecule has 0 aromatic heterocycles. The number of benzene rings is 2. The van der Waals surface area contributed by atoms with Gasteiger partial charge in [-0.25, -0.2) is 0 Å². The van der Waals surface area contributed by atoms with Gasteiger partial charge in [-0.2, -0.15) is 26.3 Å². The van der Waals surface area contributed by atoms with E-state index in [4.69, 9.17) is 21.7 Å².